The van der Waals surface area contributed by atoms with Crippen molar-refractivity contribution in [2.45, 2.75) is 18.9 Å². The van der Waals surface area contributed by atoms with Crippen molar-refractivity contribution in [3.05, 3.63) is 58.1 Å². The minimum Gasteiger partial charge on any atom is -0.324 e. The second-order valence-electron chi connectivity index (χ2n) is 4.54. The smallest absolute Gasteiger partial charge is 0.0300 e. The van der Waals surface area contributed by atoms with Crippen LogP contribution in [0.5, 0.6) is 0 Å². The van der Waals surface area contributed by atoms with Crippen LogP contribution in [-0.4, -0.2) is 0 Å². The number of benzene rings is 2. The Bertz CT molecular complexity index is 563. The Morgan fingerprint density at radius 3 is 2.76 bits per heavy atom. The molecule has 2 aromatic rings. The van der Waals surface area contributed by atoms with Crippen molar-refractivity contribution in [2.24, 2.45) is 5.73 Å². The van der Waals surface area contributed by atoms with E-state index in [0.29, 0.717) is 0 Å². The highest BCUT2D eigenvalue weighted by atomic mass is 79.9. The molecule has 0 aromatic heterocycles. The molecule has 17 heavy (non-hydrogen) atoms. The van der Waals surface area contributed by atoms with Crippen molar-refractivity contribution < 1.29 is 0 Å². The summed E-state index contributed by atoms with van der Waals surface area (Å²) < 4.78 is 1.14. The molecule has 1 unspecified atom stereocenters. The van der Waals surface area contributed by atoms with E-state index in [1.807, 2.05) is 6.07 Å². The van der Waals surface area contributed by atoms with Gasteiger partial charge in [0, 0.05) is 10.5 Å². The van der Waals surface area contributed by atoms with Gasteiger partial charge in [-0.25, -0.2) is 0 Å². The molecule has 1 aliphatic rings. The van der Waals surface area contributed by atoms with Crippen LogP contribution in [0.15, 0.2) is 46.9 Å². The number of nitrogens with two attached hydrogens (primary N) is 1. The first-order valence-electron chi connectivity index (χ1n) is 5.89. The molecule has 86 valence electrons. The van der Waals surface area contributed by atoms with Crippen LogP contribution < -0.4 is 5.73 Å². The molecule has 0 aliphatic heterocycles. The Balaban J connectivity index is 2.09. The van der Waals surface area contributed by atoms with Crippen LogP contribution in [-0.2, 0) is 6.42 Å². The van der Waals surface area contributed by atoms with Crippen LogP contribution in [0.1, 0.15) is 23.6 Å². The maximum Gasteiger partial charge on any atom is 0.0300 e. The van der Waals surface area contributed by atoms with E-state index in [0.717, 1.165) is 17.3 Å². The van der Waals surface area contributed by atoms with Crippen LogP contribution in [0.4, 0.5) is 0 Å². The molecule has 0 bridgehead atoms. The zero-order valence-electron chi connectivity index (χ0n) is 9.49. The first kappa shape index (κ1) is 11.0. The standard InChI is InChI=1S/C15H14BrN/c16-14-4-2-1-3-12(14)10-5-7-13-11(9-10)6-8-15(13)17/h1-5,7,9,15H,6,8,17H2. The molecule has 1 nitrogen and oxygen atoms in total. The van der Waals surface area contributed by atoms with Gasteiger partial charge in [0.25, 0.3) is 0 Å². The monoisotopic (exact) mass is 287 g/mol. The summed E-state index contributed by atoms with van der Waals surface area (Å²) in [7, 11) is 0. The average molecular weight is 288 g/mol. The summed E-state index contributed by atoms with van der Waals surface area (Å²) in [6.07, 6.45) is 2.18. The third-order valence-corrected chi connectivity index (χ3v) is 4.14. The Morgan fingerprint density at radius 1 is 1.12 bits per heavy atom. The summed E-state index contributed by atoms with van der Waals surface area (Å²) in [6.45, 7) is 0. The van der Waals surface area contributed by atoms with E-state index < -0.39 is 0 Å². The number of hydrogen-bond acceptors (Lipinski definition) is 1. The summed E-state index contributed by atoms with van der Waals surface area (Å²) in [4.78, 5) is 0. The second-order valence-corrected chi connectivity index (χ2v) is 5.39. The zero-order chi connectivity index (χ0) is 11.8. The predicted octanol–water partition coefficient (Wildman–Crippen LogP) is 4.06. The number of hydrogen-bond donors (Lipinski definition) is 1. The first-order valence-corrected chi connectivity index (χ1v) is 6.68. The molecule has 0 saturated heterocycles. The number of aryl methyl sites for hydroxylation is 1. The highest BCUT2D eigenvalue weighted by Crippen LogP contribution is 2.34. The van der Waals surface area contributed by atoms with Gasteiger partial charge >= 0.3 is 0 Å². The van der Waals surface area contributed by atoms with Crippen LogP contribution >= 0.6 is 15.9 Å². The van der Waals surface area contributed by atoms with Gasteiger partial charge in [0.2, 0.25) is 0 Å². The summed E-state index contributed by atoms with van der Waals surface area (Å²) in [5.41, 5.74) is 11.3. The van der Waals surface area contributed by atoms with Gasteiger partial charge < -0.3 is 5.73 Å². The van der Waals surface area contributed by atoms with Crippen LogP contribution in [0.3, 0.4) is 0 Å². The molecule has 2 aromatic carbocycles. The quantitative estimate of drug-likeness (QED) is 0.841. The fraction of sp³-hybridized carbons (Fsp3) is 0.200. The molecule has 0 saturated carbocycles. The van der Waals surface area contributed by atoms with Gasteiger partial charge in [-0.05, 0) is 41.2 Å². The molecule has 1 atom stereocenters. The van der Waals surface area contributed by atoms with Gasteiger partial charge in [0.05, 0.1) is 0 Å². The minimum absolute atomic E-state index is 0.235. The second kappa shape index (κ2) is 4.28. The van der Waals surface area contributed by atoms with Crippen LogP contribution in [0, 0.1) is 0 Å². The summed E-state index contributed by atoms with van der Waals surface area (Å²) >= 11 is 3.60. The normalized spacial score (nSPS) is 18.1. The molecule has 0 radical (unpaired) electrons. The SMILES string of the molecule is NC1CCc2cc(-c3ccccc3Br)ccc21. The summed E-state index contributed by atoms with van der Waals surface area (Å²) in [5.74, 6) is 0. The van der Waals surface area contributed by atoms with E-state index in [1.54, 1.807) is 0 Å². The van der Waals surface area contributed by atoms with Crippen molar-refractivity contribution in [3.8, 4) is 11.1 Å². The number of halogens is 1. The summed E-state index contributed by atoms with van der Waals surface area (Å²) in [5, 5.41) is 0. The van der Waals surface area contributed by atoms with Crippen molar-refractivity contribution in [1.29, 1.82) is 0 Å². The number of fused-ring (bicyclic) bond motifs is 1. The Labute approximate surface area is 110 Å². The highest BCUT2D eigenvalue weighted by Gasteiger charge is 2.19. The fourth-order valence-corrected chi connectivity index (χ4v) is 3.03. The minimum atomic E-state index is 0.235. The molecule has 0 heterocycles. The molecule has 1 aliphatic carbocycles. The fourth-order valence-electron chi connectivity index (χ4n) is 2.51. The summed E-state index contributed by atoms with van der Waals surface area (Å²) in [6, 6.07) is 15.2. The van der Waals surface area contributed by atoms with Gasteiger partial charge in [-0.3, -0.25) is 0 Å². The van der Waals surface area contributed by atoms with Gasteiger partial charge in [0.15, 0.2) is 0 Å². The van der Waals surface area contributed by atoms with Crippen LogP contribution in [0.2, 0.25) is 0 Å². The maximum absolute atomic E-state index is 6.06. The van der Waals surface area contributed by atoms with Crippen molar-refractivity contribution in [2.75, 3.05) is 0 Å². The van der Waals surface area contributed by atoms with Crippen LogP contribution in [0.25, 0.3) is 11.1 Å². The highest BCUT2D eigenvalue weighted by molar-refractivity contribution is 9.10. The molecular weight excluding hydrogens is 274 g/mol. The van der Waals surface area contributed by atoms with E-state index in [-0.39, 0.29) is 6.04 Å². The Hall–Kier alpha value is -1.12. The largest absolute Gasteiger partial charge is 0.324 e. The molecular formula is C15H14BrN. The molecule has 3 rings (SSSR count). The lowest BCUT2D eigenvalue weighted by Crippen LogP contribution is -2.04. The maximum atomic E-state index is 6.06. The van der Waals surface area contributed by atoms with Crippen molar-refractivity contribution in [3.63, 3.8) is 0 Å². The Kier molecular flexibility index (Phi) is 2.77. The van der Waals surface area contributed by atoms with Gasteiger partial charge in [-0.2, -0.15) is 0 Å². The van der Waals surface area contributed by atoms with Gasteiger partial charge in [-0.1, -0.05) is 52.3 Å². The predicted molar refractivity (Wildman–Crippen MR) is 74.8 cm³/mol. The number of rotatable bonds is 1. The van der Waals surface area contributed by atoms with E-state index in [4.69, 9.17) is 5.73 Å². The molecule has 2 heteroatoms. The van der Waals surface area contributed by atoms with Crippen molar-refractivity contribution in [1.82, 2.24) is 0 Å². The lowest BCUT2D eigenvalue weighted by atomic mass is 10.00. The third kappa shape index (κ3) is 1.92. The molecule has 0 fully saturated rings. The van der Waals surface area contributed by atoms with E-state index in [9.17, 15) is 0 Å². The molecule has 0 spiro atoms. The van der Waals surface area contributed by atoms with E-state index >= 15 is 0 Å². The zero-order valence-corrected chi connectivity index (χ0v) is 11.1. The first-order chi connectivity index (χ1) is 8.25. The lowest BCUT2D eigenvalue weighted by Gasteiger charge is -2.08. The van der Waals surface area contributed by atoms with Gasteiger partial charge in [-0.15, -0.1) is 0 Å². The third-order valence-electron chi connectivity index (χ3n) is 3.45. The van der Waals surface area contributed by atoms with Crippen molar-refractivity contribution >= 4 is 15.9 Å². The average Bonchev–Trinajstić information content (AvgIpc) is 2.71. The Morgan fingerprint density at radius 2 is 1.94 bits per heavy atom. The van der Waals surface area contributed by atoms with E-state index in [1.165, 1.54) is 22.3 Å². The molecule has 2 N–H and O–H groups in total. The lowest BCUT2D eigenvalue weighted by molar-refractivity contribution is 0.713. The van der Waals surface area contributed by atoms with E-state index in [2.05, 4.69) is 52.3 Å². The topological polar surface area (TPSA) is 26.0 Å². The van der Waals surface area contributed by atoms with Gasteiger partial charge in [0.1, 0.15) is 0 Å². The molecule has 0 amide bonds.